The number of anilines is 3. The Morgan fingerprint density at radius 3 is 2.69 bits per heavy atom. The van der Waals surface area contributed by atoms with Crippen LogP contribution in [0.15, 0.2) is 36.5 Å². The molecule has 0 bridgehead atoms. The Labute approximate surface area is 193 Å². The fraction of sp³-hybridized carbons (Fsp3) is 0.360. The number of rotatable bonds is 7. The summed E-state index contributed by atoms with van der Waals surface area (Å²) >= 11 is 6.51. The van der Waals surface area contributed by atoms with E-state index in [0.29, 0.717) is 58.1 Å². The predicted molar refractivity (Wildman–Crippen MR) is 129 cm³/mol. The van der Waals surface area contributed by atoms with Crippen molar-refractivity contribution in [2.75, 3.05) is 24.3 Å². The number of nitrogens with two attached hydrogens (primary N) is 1. The number of aromatic nitrogens is 1. The first-order chi connectivity index (χ1) is 15.6. The lowest BCUT2D eigenvalue weighted by atomic mass is 9.90. The van der Waals surface area contributed by atoms with Gasteiger partial charge in [0.1, 0.15) is 17.6 Å². The van der Waals surface area contributed by atoms with Crippen LogP contribution in [0.1, 0.15) is 44.6 Å². The van der Waals surface area contributed by atoms with Gasteiger partial charge in [-0.15, -0.1) is 0 Å². The van der Waals surface area contributed by atoms with E-state index in [4.69, 9.17) is 26.8 Å². The van der Waals surface area contributed by atoms with E-state index >= 15 is 0 Å². The van der Waals surface area contributed by atoms with Gasteiger partial charge in [0.25, 0.3) is 0 Å². The molecule has 1 aromatic heterocycles. The van der Waals surface area contributed by atoms with Crippen LogP contribution in [0.25, 0.3) is 10.9 Å². The quantitative estimate of drug-likeness (QED) is 0.402. The zero-order valence-corrected chi connectivity index (χ0v) is 18.9. The third kappa shape index (κ3) is 4.84. The zero-order valence-electron chi connectivity index (χ0n) is 18.2. The van der Waals surface area contributed by atoms with Crippen LogP contribution in [0.3, 0.4) is 0 Å². The summed E-state index contributed by atoms with van der Waals surface area (Å²) in [6, 6.07) is 11.3. The molecule has 2 aromatic carbocycles. The van der Waals surface area contributed by atoms with Crippen LogP contribution in [-0.4, -0.2) is 18.2 Å². The maximum Gasteiger partial charge on any atom is 0.144 e. The van der Waals surface area contributed by atoms with E-state index in [1.807, 2.05) is 25.1 Å². The van der Waals surface area contributed by atoms with E-state index in [-0.39, 0.29) is 0 Å². The van der Waals surface area contributed by atoms with Crippen LogP contribution in [0.5, 0.6) is 11.5 Å². The standard InChI is InChI=1S/C25H27ClN4O2/c1-2-31-24-12-22-19(11-21(24)28)25(17(13-27)14-29-22)30-18-8-9-23(20(26)10-18)32-15-16-6-4-3-5-7-16/h8-12,14,16H,2-7,15,28H2,1H3,(H,29,30). The third-order valence-electron chi connectivity index (χ3n) is 5.82. The number of pyridine rings is 1. The second kappa shape index (κ2) is 9.97. The molecular formula is C25H27ClN4O2. The zero-order chi connectivity index (χ0) is 22.5. The molecule has 0 saturated heterocycles. The van der Waals surface area contributed by atoms with Gasteiger partial charge in [-0.3, -0.25) is 4.98 Å². The number of nitriles is 1. The largest absolute Gasteiger partial charge is 0.492 e. The van der Waals surface area contributed by atoms with Gasteiger partial charge in [0, 0.05) is 23.3 Å². The highest BCUT2D eigenvalue weighted by molar-refractivity contribution is 6.32. The molecule has 3 aromatic rings. The molecule has 0 amide bonds. The molecule has 3 N–H and O–H groups in total. The van der Waals surface area contributed by atoms with Gasteiger partial charge in [-0.2, -0.15) is 5.26 Å². The van der Waals surface area contributed by atoms with E-state index in [0.717, 1.165) is 11.1 Å². The minimum atomic E-state index is 0.412. The summed E-state index contributed by atoms with van der Waals surface area (Å²) in [5.74, 6) is 1.85. The maximum absolute atomic E-state index is 9.62. The monoisotopic (exact) mass is 450 g/mol. The molecule has 0 radical (unpaired) electrons. The van der Waals surface area contributed by atoms with Crippen LogP contribution in [-0.2, 0) is 0 Å². The molecule has 0 aliphatic heterocycles. The number of halogens is 1. The SMILES string of the molecule is CCOc1cc2ncc(C#N)c(Nc3ccc(OCC4CCCCC4)c(Cl)c3)c2cc1N. The van der Waals surface area contributed by atoms with Crippen LogP contribution in [0.4, 0.5) is 17.1 Å². The summed E-state index contributed by atoms with van der Waals surface area (Å²) in [6.07, 6.45) is 7.87. The summed E-state index contributed by atoms with van der Waals surface area (Å²) < 4.78 is 11.6. The van der Waals surface area contributed by atoms with Gasteiger partial charge in [-0.25, -0.2) is 0 Å². The molecule has 6 nitrogen and oxygen atoms in total. The summed E-state index contributed by atoms with van der Waals surface area (Å²) in [5, 5.41) is 14.2. The molecule has 7 heteroatoms. The number of benzene rings is 2. The fourth-order valence-electron chi connectivity index (χ4n) is 4.14. The lowest BCUT2D eigenvalue weighted by Gasteiger charge is -2.22. The second-order valence-electron chi connectivity index (χ2n) is 8.08. The molecule has 1 saturated carbocycles. The van der Waals surface area contributed by atoms with E-state index in [2.05, 4.69) is 16.4 Å². The minimum absolute atomic E-state index is 0.412. The molecule has 32 heavy (non-hydrogen) atoms. The molecule has 1 fully saturated rings. The van der Waals surface area contributed by atoms with Crippen molar-refractivity contribution >= 4 is 39.6 Å². The van der Waals surface area contributed by atoms with Crippen molar-refractivity contribution in [3.63, 3.8) is 0 Å². The van der Waals surface area contributed by atoms with Gasteiger partial charge in [0.15, 0.2) is 0 Å². The second-order valence-corrected chi connectivity index (χ2v) is 8.49. The summed E-state index contributed by atoms with van der Waals surface area (Å²) in [7, 11) is 0. The van der Waals surface area contributed by atoms with Gasteiger partial charge >= 0.3 is 0 Å². The Balaban J connectivity index is 1.58. The van der Waals surface area contributed by atoms with Gasteiger partial charge in [0.2, 0.25) is 0 Å². The van der Waals surface area contributed by atoms with Crippen LogP contribution in [0, 0.1) is 17.2 Å². The lowest BCUT2D eigenvalue weighted by molar-refractivity contribution is 0.209. The van der Waals surface area contributed by atoms with Crippen LogP contribution in [0.2, 0.25) is 5.02 Å². The summed E-state index contributed by atoms with van der Waals surface area (Å²) in [4.78, 5) is 4.39. The highest BCUT2D eigenvalue weighted by Crippen LogP contribution is 2.36. The molecule has 0 atom stereocenters. The van der Waals surface area contributed by atoms with Crippen molar-refractivity contribution < 1.29 is 9.47 Å². The molecule has 0 spiro atoms. The van der Waals surface area contributed by atoms with E-state index in [1.165, 1.54) is 32.1 Å². The molecule has 166 valence electrons. The molecule has 1 aliphatic carbocycles. The summed E-state index contributed by atoms with van der Waals surface area (Å²) in [6.45, 7) is 3.10. The number of fused-ring (bicyclic) bond motifs is 1. The lowest BCUT2D eigenvalue weighted by Crippen LogP contribution is -2.15. The first-order valence-corrected chi connectivity index (χ1v) is 11.4. The van der Waals surface area contributed by atoms with Crippen molar-refractivity contribution in [3.8, 4) is 17.6 Å². The van der Waals surface area contributed by atoms with E-state index < -0.39 is 0 Å². The van der Waals surface area contributed by atoms with Crippen LogP contribution < -0.4 is 20.5 Å². The summed E-state index contributed by atoms with van der Waals surface area (Å²) in [5.41, 5.74) is 9.12. The van der Waals surface area contributed by atoms with Crippen molar-refractivity contribution in [1.29, 1.82) is 5.26 Å². The van der Waals surface area contributed by atoms with Gasteiger partial charge in [-0.05, 0) is 49.9 Å². The number of nitrogens with zero attached hydrogens (tertiary/aromatic N) is 2. The van der Waals surface area contributed by atoms with E-state index in [1.54, 1.807) is 18.3 Å². The van der Waals surface area contributed by atoms with Gasteiger partial charge < -0.3 is 20.5 Å². The van der Waals surface area contributed by atoms with Gasteiger partial charge in [0.05, 0.1) is 40.7 Å². The Hall–Kier alpha value is -3.17. The van der Waals surface area contributed by atoms with Crippen molar-refractivity contribution in [2.45, 2.75) is 39.0 Å². The predicted octanol–water partition coefficient (Wildman–Crippen LogP) is 6.44. The topological polar surface area (TPSA) is 93.2 Å². The fourth-order valence-corrected chi connectivity index (χ4v) is 4.37. The number of hydrogen-bond donors (Lipinski definition) is 2. The average Bonchev–Trinajstić information content (AvgIpc) is 2.80. The van der Waals surface area contributed by atoms with Crippen LogP contribution >= 0.6 is 11.6 Å². The Kier molecular flexibility index (Phi) is 6.87. The van der Waals surface area contributed by atoms with Crippen molar-refractivity contribution in [2.24, 2.45) is 5.92 Å². The molecular weight excluding hydrogens is 424 g/mol. The molecule has 0 unspecified atom stereocenters. The number of nitrogens with one attached hydrogen (secondary N) is 1. The number of nitrogen functional groups attached to an aromatic ring is 1. The maximum atomic E-state index is 9.62. The normalized spacial score (nSPS) is 14.2. The highest BCUT2D eigenvalue weighted by Gasteiger charge is 2.16. The highest BCUT2D eigenvalue weighted by atomic mass is 35.5. The van der Waals surface area contributed by atoms with Crippen molar-refractivity contribution in [1.82, 2.24) is 4.98 Å². The third-order valence-corrected chi connectivity index (χ3v) is 6.12. The molecule has 1 aliphatic rings. The first-order valence-electron chi connectivity index (χ1n) is 11.0. The Morgan fingerprint density at radius 1 is 1.16 bits per heavy atom. The first kappa shape index (κ1) is 22.0. The Morgan fingerprint density at radius 2 is 1.97 bits per heavy atom. The molecule has 4 rings (SSSR count). The Bertz CT molecular complexity index is 1150. The number of hydrogen-bond acceptors (Lipinski definition) is 6. The number of ether oxygens (including phenoxy) is 2. The van der Waals surface area contributed by atoms with Crippen molar-refractivity contribution in [3.05, 3.63) is 47.1 Å². The average molecular weight is 451 g/mol. The van der Waals surface area contributed by atoms with Gasteiger partial charge in [-0.1, -0.05) is 30.9 Å². The smallest absolute Gasteiger partial charge is 0.144 e. The van der Waals surface area contributed by atoms with E-state index in [9.17, 15) is 5.26 Å². The molecule has 1 heterocycles. The minimum Gasteiger partial charge on any atom is -0.492 e.